The van der Waals surface area contributed by atoms with Crippen LogP contribution in [-0.2, 0) is 20.9 Å². The third-order valence-electron chi connectivity index (χ3n) is 5.94. The Morgan fingerprint density at radius 1 is 1.32 bits per heavy atom. The average molecular weight is 412 g/mol. The number of anilines is 1. The summed E-state index contributed by atoms with van der Waals surface area (Å²) in [6, 6.07) is 7.50. The minimum Gasteiger partial charge on any atom is -0.378 e. The van der Waals surface area contributed by atoms with Crippen molar-refractivity contribution in [2.75, 3.05) is 11.9 Å². The molecule has 1 fully saturated rings. The van der Waals surface area contributed by atoms with Gasteiger partial charge in [0.25, 0.3) is 0 Å². The molecule has 4 N–H and O–H groups in total. The largest absolute Gasteiger partial charge is 0.378 e. The number of ether oxygens (including phenoxy) is 1. The molecule has 0 spiro atoms. The molecule has 158 valence electrons. The number of nitrogens with one attached hydrogen (secondary N) is 2. The van der Waals surface area contributed by atoms with E-state index in [2.05, 4.69) is 10.6 Å². The summed E-state index contributed by atoms with van der Waals surface area (Å²) in [5.41, 5.74) is 6.69. The third-order valence-corrected chi connectivity index (χ3v) is 5.94. The monoisotopic (exact) mass is 411 g/mol. The fourth-order valence-corrected chi connectivity index (χ4v) is 3.37. The second-order valence-corrected chi connectivity index (χ2v) is 8.02. The lowest BCUT2D eigenvalue weighted by atomic mass is 9.54. The first-order valence-electron chi connectivity index (χ1n) is 9.74. The molecule has 0 saturated heterocycles. The van der Waals surface area contributed by atoms with Gasteiger partial charge >= 0.3 is 0 Å². The van der Waals surface area contributed by atoms with Crippen molar-refractivity contribution >= 4 is 29.9 Å². The van der Waals surface area contributed by atoms with Crippen LogP contribution in [0.2, 0.25) is 0 Å². The van der Waals surface area contributed by atoms with Gasteiger partial charge in [-0.05, 0) is 31.0 Å². The summed E-state index contributed by atoms with van der Waals surface area (Å²) >= 11 is 0. The summed E-state index contributed by atoms with van der Waals surface area (Å²) in [4.78, 5) is 24.8. The highest BCUT2D eigenvalue weighted by Gasteiger charge is 2.62. The van der Waals surface area contributed by atoms with Crippen molar-refractivity contribution in [3.05, 3.63) is 29.8 Å². The standard InChI is InChI=1S/C21H33N3O3.ClH/c1-6-14(3)18(25)24-16-10-8-9-15(11-16)13-23-19(26)21(22)12-17(27-7-2)20(21,4)5;/h8-11,14,17H,6-7,12-13,22H2,1-5H3,(H,23,26)(H,24,25);1H. The van der Waals surface area contributed by atoms with Crippen LogP contribution in [0.4, 0.5) is 5.69 Å². The highest BCUT2D eigenvalue weighted by atomic mass is 35.5. The molecule has 1 aliphatic rings. The van der Waals surface area contributed by atoms with Crippen molar-refractivity contribution in [1.82, 2.24) is 5.32 Å². The van der Waals surface area contributed by atoms with E-state index in [0.717, 1.165) is 17.7 Å². The van der Waals surface area contributed by atoms with Crippen LogP contribution in [0, 0.1) is 11.3 Å². The van der Waals surface area contributed by atoms with Crippen molar-refractivity contribution < 1.29 is 14.3 Å². The molecule has 0 heterocycles. The van der Waals surface area contributed by atoms with Crippen molar-refractivity contribution in [2.45, 2.75) is 65.6 Å². The molecule has 1 aromatic rings. The van der Waals surface area contributed by atoms with Crippen molar-refractivity contribution in [2.24, 2.45) is 17.1 Å². The van der Waals surface area contributed by atoms with E-state index in [1.54, 1.807) is 0 Å². The lowest BCUT2D eigenvalue weighted by Gasteiger charge is -2.57. The number of amides is 2. The molecular weight excluding hydrogens is 378 g/mol. The van der Waals surface area contributed by atoms with Crippen LogP contribution in [0.15, 0.2) is 24.3 Å². The van der Waals surface area contributed by atoms with Crippen molar-refractivity contribution in [3.63, 3.8) is 0 Å². The van der Waals surface area contributed by atoms with Gasteiger partial charge in [-0.3, -0.25) is 9.59 Å². The molecule has 1 aromatic carbocycles. The Morgan fingerprint density at radius 2 is 2.00 bits per heavy atom. The van der Waals surface area contributed by atoms with Crippen LogP contribution >= 0.6 is 12.4 Å². The normalized spacial score (nSPS) is 23.7. The number of carbonyl (C=O) groups is 2. The second kappa shape index (κ2) is 9.72. The number of rotatable bonds is 8. The van der Waals surface area contributed by atoms with E-state index in [0.29, 0.717) is 19.6 Å². The number of benzene rings is 1. The summed E-state index contributed by atoms with van der Waals surface area (Å²) in [5.74, 6) is -0.208. The van der Waals surface area contributed by atoms with E-state index in [1.807, 2.05) is 58.9 Å². The van der Waals surface area contributed by atoms with Crippen LogP contribution in [0.1, 0.15) is 53.0 Å². The minimum atomic E-state index is -0.935. The van der Waals surface area contributed by atoms with Crippen molar-refractivity contribution in [3.8, 4) is 0 Å². The summed E-state index contributed by atoms with van der Waals surface area (Å²) in [5, 5.41) is 5.86. The lowest BCUT2D eigenvalue weighted by molar-refractivity contribution is -0.170. The van der Waals surface area contributed by atoms with E-state index in [1.165, 1.54) is 0 Å². The fraction of sp³-hybridized carbons (Fsp3) is 0.619. The van der Waals surface area contributed by atoms with Gasteiger partial charge in [-0.25, -0.2) is 0 Å². The van der Waals surface area contributed by atoms with Crippen LogP contribution in [0.25, 0.3) is 0 Å². The Balaban J connectivity index is 0.00000392. The second-order valence-electron chi connectivity index (χ2n) is 8.02. The molecule has 6 nitrogen and oxygen atoms in total. The SMILES string of the molecule is CCOC1CC(N)(C(=O)NCc2cccc(NC(=O)C(C)CC)c2)C1(C)C.Cl. The number of hydrogen-bond acceptors (Lipinski definition) is 4. The first-order valence-corrected chi connectivity index (χ1v) is 9.74. The zero-order valence-electron chi connectivity index (χ0n) is 17.5. The maximum atomic E-state index is 12.7. The molecule has 7 heteroatoms. The summed E-state index contributed by atoms with van der Waals surface area (Å²) < 4.78 is 5.68. The molecule has 1 saturated carbocycles. The maximum absolute atomic E-state index is 12.7. The fourth-order valence-electron chi connectivity index (χ4n) is 3.37. The Bertz CT molecular complexity index is 695. The number of nitrogens with two attached hydrogens (primary N) is 1. The lowest BCUT2D eigenvalue weighted by Crippen LogP contribution is -2.75. The van der Waals surface area contributed by atoms with Crippen LogP contribution in [-0.4, -0.2) is 30.1 Å². The average Bonchev–Trinajstić information content (AvgIpc) is 2.65. The van der Waals surface area contributed by atoms with Gasteiger partial charge in [0.15, 0.2) is 0 Å². The van der Waals surface area contributed by atoms with Gasteiger partial charge in [-0.1, -0.05) is 39.8 Å². The molecular formula is C21H34ClN3O3. The molecule has 3 atom stereocenters. The molecule has 2 amide bonds. The predicted octanol–water partition coefficient (Wildman–Crippen LogP) is 3.24. The van der Waals surface area contributed by atoms with Gasteiger partial charge in [0, 0.05) is 36.6 Å². The number of halogens is 1. The van der Waals surface area contributed by atoms with Gasteiger partial charge < -0.3 is 21.1 Å². The topological polar surface area (TPSA) is 93.4 Å². The van der Waals surface area contributed by atoms with E-state index in [4.69, 9.17) is 10.5 Å². The van der Waals surface area contributed by atoms with Crippen LogP contribution < -0.4 is 16.4 Å². The molecule has 3 unspecified atom stereocenters. The van der Waals surface area contributed by atoms with E-state index >= 15 is 0 Å². The zero-order valence-corrected chi connectivity index (χ0v) is 18.3. The maximum Gasteiger partial charge on any atom is 0.241 e. The highest BCUT2D eigenvalue weighted by Crippen LogP contribution is 2.49. The van der Waals surface area contributed by atoms with Crippen molar-refractivity contribution in [1.29, 1.82) is 0 Å². The summed E-state index contributed by atoms with van der Waals surface area (Å²) in [6.07, 6.45) is 1.31. The molecule has 0 aliphatic heterocycles. The smallest absolute Gasteiger partial charge is 0.241 e. The Morgan fingerprint density at radius 3 is 2.57 bits per heavy atom. The van der Waals surface area contributed by atoms with Gasteiger partial charge in [-0.15, -0.1) is 12.4 Å². The third kappa shape index (κ3) is 4.85. The first-order chi connectivity index (χ1) is 12.7. The Kier molecular flexibility index (Phi) is 8.47. The van der Waals surface area contributed by atoms with Crippen LogP contribution in [0.3, 0.4) is 0 Å². The predicted molar refractivity (Wildman–Crippen MR) is 114 cm³/mol. The van der Waals surface area contributed by atoms with Gasteiger partial charge in [-0.2, -0.15) is 0 Å². The van der Waals surface area contributed by atoms with E-state index in [9.17, 15) is 9.59 Å². The first kappa shape index (κ1) is 24.4. The number of hydrogen-bond donors (Lipinski definition) is 3. The molecule has 0 radical (unpaired) electrons. The summed E-state index contributed by atoms with van der Waals surface area (Å²) in [7, 11) is 0. The zero-order chi connectivity index (χ0) is 20.2. The molecule has 0 aromatic heterocycles. The molecule has 0 bridgehead atoms. The molecule has 1 aliphatic carbocycles. The van der Waals surface area contributed by atoms with Crippen LogP contribution in [0.5, 0.6) is 0 Å². The highest BCUT2D eigenvalue weighted by molar-refractivity contribution is 5.92. The quantitative estimate of drug-likeness (QED) is 0.612. The molecule has 28 heavy (non-hydrogen) atoms. The summed E-state index contributed by atoms with van der Waals surface area (Å²) in [6.45, 7) is 10.7. The molecule has 2 rings (SSSR count). The van der Waals surface area contributed by atoms with E-state index < -0.39 is 11.0 Å². The van der Waals surface area contributed by atoms with Gasteiger partial charge in [0.2, 0.25) is 11.8 Å². The Labute approximate surface area is 174 Å². The number of carbonyl (C=O) groups excluding carboxylic acids is 2. The van der Waals surface area contributed by atoms with E-state index in [-0.39, 0.29) is 36.2 Å². The Hall–Kier alpha value is -1.63. The minimum absolute atomic E-state index is 0. The van der Waals surface area contributed by atoms with Gasteiger partial charge in [0.1, 0.15) is 5.54 Å². The van der Waals surface area contributed by atoms with Gasteiger partial charge in [0.05, 0.1) is 6.10 Å².